The van der Waals surface area contributed by atoms with Crippen molar-refractivity contribution in [1.82, 2.24) is 16.0 Å². The van der Waals surface area contributed by atoms with Crippen LogP contribution in [0.5, 0.6) is 0 Å². The molecular formula is C20H35N5O8. The molecule has 0 radical (unpaired) electrons. The van der Waals surface area contributed by atoms with Gasteiger partial charge in [0, 0.05) is 6.42 Å². The largest absolute Gasteiger partial charge is 0.481 e. The number of amides is 4. The molecule has 0 rings (SSSR count). The highest BCUT2D eigenvalue weighted by Gasteiger charge is 2.33. The normalized spacial score (nSPS) is 15.5. The van der Waals surface area contributed by atoms with Gasteiger partial charge in [0.1, 0.15) is 18.1 Å². The summed E-state index contributed by atoms with van der Waals surface area (Å²) in [6.45, 7) is 6.70. The third-order valence-electron chi connectivity index (χ3n) is 5.12. The number of rotatable bonds is 15. The summed E-state index contributed by atoms with van der Waals surface area (Å²) in [5, 5.41) is 25.2. The maximum Gasteiger partial charge on any atom is 0.326 e. The van der Waals surface area contributed by atoms with Crippen molar-refractivity contribution in [2.45, 2.75) is 77.5 Å². The van der Waals surface area contributed by atoms with Crippen LogP contribution in [-0.2, 0) is 28.8 Å². The van der Waals surface area contributed by atoms with Gasteiger partial charge in [0.25, 0.3) is 0 Å². The van der Waals surface area contributed by atoms with Crippen molar-refractivity contribution in [3.63, 3.8) is 0 Å². The van der Waals surface area contributed by atoms with E-state index in [9.17, 15) is 33.9 Å². The number of primary amides is 1. The zero-order chi connectivity index (χ0) is 25.9. The second-order valence-electron chi connectivity index (χ2n) is 8.21. The topological polar surface area (TPSA) is 231 Å². The maximum atomic E-state index is 12.8. The first-order valence-corrected chi connectivity index (χ1v) is 10.6. The number of nitrogens with two attached hydrogens (primary N) is 2. The average Bonchev–Trinajstić information content (AvgIpc) is 2.71. The Labute approximate surface area is 192 Å². The lowest BCUT2D eigenvalue weighted by molar-refractivity contribution is -0.144. The van der Waals surface area contributed by atoms with Gasteiger partial charge < -0.3 is 37.6 Å². The third kappa shape index (κ3) is 10.8. The Hall–Kier alpha value is -3.22. The van der Waals surface area contributed by atoms with Gasteiger partial charge in [0.2, 0.25) is 23.6 Å². The second kappa shape index (κ2) is 14.0. The number of carboxylic acids is 2. The van der Waals surface area contributed by atoms with Crippen LogP contribution in [0.4, 0.5) is 0 Å². The van der Waals surface area contributed by atoms with Crippen molar-refractivity contribution < 1.29 is 39.0 Å². The van der Waals surface area contributed by atoms with Crippen LogP contribution < -0.4 is 27.4 Å². The molecule has 188 valence electrons. The molecule has 0 aliphatic heterocycles. The van der Waals surface area contributed by atoms with Crippen molar-refractivity contribution >= 4 is 35.6 Å². The van der Waals surface area contributed by atoms with E-state index in [1.807, 2.05) is 0 Å². The number of hydrogen-bond acceptors (Lipinski definition) is 7. The van der Waals surface area contributed by atoms with Gasteiger partial charge in [-0.25, -0.2) is 4.79 Å². The Balaban J connectivity index is 5.66. The van der Waals surface area contributed by atoms with Gasteiger partial charge >= 0.3 is 11.9 Å². The zero-order valence-corrected chi connectivity index (χ0v) is 19.3. The molecule has 5 atom stereocenters. The predicted octanol–water partition coefficient (Wildman–Crippen LogP) is -1.70. The Bertz CT molecular complexity index is 742. The first-order valence-electron chi connectivity index (χ1n) is 10.6. The molecule has 0 spiro atoms. The minimum atomic E-state index is -1.47. The van der Waals surface area contributed by atoms with Crippen LogP contribution in [-0.4, -0.2) is 69.9 Å². The van der Waals surface area contributed by atoms with Crippen LogP contribution >= 0.6 is 0 Å². The van der Waals surface area contributed by atoms with Gasteiger partial charge in [0.15, 0.2) is 0 Å². The summed E-state index contributed by atoms with van der Waals surface area (Å²) >= 11 is 0. The van der Waals surface area contributed by atoms with Crippen LogP contribution in [0.25, 0.3) is 0 Å². The van der Waals surface area contributed by atoms with Gasteiger partial charge in [-0.05, 0) is 18.3 Å². The fraction of sp³-hybridized carbons (Fsp3) is 0.700. The number of aliphatic carboxylic acids is 2. The number of carboxylic acid groups (broad SMARTS) is 2. The van der Waals surface area contributed by atoms with Crippen molar-refractivity contribution in [1.29, 1.82) is 0 Å². The standard InChI is InChI=1S/C20H35N5O8/c1-5-10(4)16(20(32)33)25-17(29)11(6-7-14(27)28)23-18(30)12(8-13(21)26)24-19(31)15(22)9(2)3/h9-12,15-16H,5-8,22H2,1-4H3,(H2,21,26)(H,23,30)(H,24,31)(H,25,29)(H,27,28)(H,32,33). The SMILES string of the molecule is CCC(C)C(NC(=O)C(CCC(=O)O)NC(=O)C(CC(N)=O)NC(=O)C(N)C(C)C)C(=O)O. The van der Waals surface area contributed by atoms with E-state index in [1.54, 1.807) is 27.7 Å². The summed E-state index contributed by atoms with van der Waals surface area (Å²) in [6.07, 6.45) is -1.03. The molecule has 0 aromatic heterocycles. The lowest BCUT2D eigenvalue weighted by atomic mass is 9.98. The van der Waals surface area contributed by atoms with Crippen molar-refractivity contribution in [2.75, 3.05) is 0 Å². The minimum Gasteiger partial charge on any atom is -0.481 e. The summed E-state index contributed by atoms with van der Waals surface area (Å²) in [4.78, 5) is 71.6. The highest BCUT2D eigenvalue weighted by atomic mass is 16.4. The summed E-state index contributed by atoms with van der Waals surface area (Å²) < 4.78 is 0. The summed E-state index contributed by atoms with van der Waals surface area (Å²) in [7, 11) is 0. The van der Waals surface area contributed by atoms with Gasteiger partial charge in [0.05, 0.1) is 12.5 Å². The van der Waals surface area contributed by atoms with Crippen LogP contribution in [0, 0.1) is 11.8 Å². The second-order valence-corrected chi connectivity index (χ2v) is 8.21. The van der Waals surface area contributed by atoms with Gasteiger partial charge in [-0.1, -0.05) is 34.1 Å². The fourth-order valence-corrected chi connectivity index (χ4v) is 2.73. The summed E-state index contributed by atoms with van der Waals surface area (Å²) in [5.74, 6) is -6.78. The van der Waals surface area contributed by atoms with Crippen LogP contribution in [0.1, 0.15) is 53.4 Å². The van der Waals surface area contributed by atoms with Crippen molar-refractivity contribution in [3.8, 4) is 0 Å². The summed E-state index contributed by atoms with van der Waals surface area (Å²) in [5.41, 5.74) is 10.9. The lowest BCUT2D eigenvalue weighted by Crippen LogP contribution is -2.58. The molecule has 0 fully saturated rings. The molecular weight excluding hydrogens is 438 g/mol. The van der Waals surface area contributed by atoms with E-state index in [2.05, 4.69) is 16.0 Å². The maximum absolute atomic E-state index is 12.8. The Morgan fingerprint density at radius 3 is 1.79 bits per heavy atom. The van der Waals surface area contributed by atoms with E-state index in [-0.39, 0.29) is 12.3 Å². The van der Waals surface area contributed by atoms with Crippen LogP contribution in [0.2, 0.25) is 0 Å². The van der Waals surface area contributed by atoms with Gasteiger partial charge in [-0.3, -0.25) is 24.0 Å². The predicted molar refractivity (Wildman–Crippen MR) is 116 cm³/mol. The highest BCUT2D eigenvalue weighted by molar-refractivity contribution is 5.96. The molecule has 33 heavy (non-hydrogen) atoms. The Morgan fingerprint density at radius 2 is 1.36 bits per heavy atom. The molecule has 5 unspecified atom stereocenters. The lowest BCUT2D eigenvalue weighted by Gasteiger charge is -2.26. The first-order chi connectivity index (χ1) is 15.2. The molecule has 0 saturated heterocycles. The molecule has 0 heterocycles. The molecule has 0 aliphatic rings. The molecule has 0 aromatic rings. The van der Waals surface area contributed by atoms with Crippen molar-refractivity contribution in [3.05, 3.63) is 0 Å². The van der Waals surface area contributed by atoms with E-state index >= 15 is 0 Å². The van der Waals surface area contributed by atoms with Gasteiger partial charge in [-0.2, -0.15) is 0 Å². The number of nitrogens with one attached hydrogen (secondary N) is 3. The molecule has 0 bridgehead atoms. The van der Waals surface area contributed by atoms with E-state index in [1.165, 1.54) is 0 Å². The Kier molecular flexibility index (Phi) is 12.7. The van der Waals surface area contributed by atoms with Gasteiger partial charge in [-0.15, -0.1) is 0 Å². The third-order valence-corrected chi connectivity index (χ3v) is 5.12. The molecule has 13 heteroatoms. The molecule has 4 amide bonds. The molecule has 0 saturated carbocycles. The monoisotopic (exact) mass is 473 g/mol. The van der Waals surface area contributed by atoms with E-state index in [0.717, 1.165) is 0 Å². The number of carbonyl (C=O) groups is 6. The van der Waals surface area contributed by atoms with Crippen molar-refractivity contribution in [2.24, 2.45) is 23.3 Å². The van der Waals surface area contributed by atoms with E-state index < -0.39 is 78.5 Å². The first kappa shape index (κ1) is 29.8. The highest BCUT2D eigenvalue weighted by Crippen LogP contribution is 2.10. The smallest absolute Gasteiger partial charge is 0.326 e. The molecule has 13 nitrogen and oxygen atoms in total. The fourth-order valence-electron chi connectivity index (χ4n) is 2.73. The summed E-state index contributed by atoms with van der Waals surface area (Å²) in [6, 6.07) is -5.15. The number of carbonyl (C=O) groups excluding carboxylic acids is 4. The zero-order valence-electron chi connectivity index (χ0n) is 19.3. The molecule has 0 aliphatic carbocycles. The van der Waals surface area contributed by atoms with E-state index in [0.29, 0.717) is 6.42 Å². The quantitative estimate of drug-likeness (QED) is 0.143. The van der Waals surface area contributed by atoms with Crippen LogP contribution in [0.15, 0.2) is 0 Å². The molecule has 9 N–H and O–H groups in total. The Morgan fingerprint density at radius 1 is 0.848 bits per heavy atom. The minimum absolute atomic E-state index is 0.273. The molecule has 0 aromatic carbocycles. The van der Waals surface area contributed by atoms with E-state index in [4.69, 9.17) is 16.6 Å². The van der Waals surface area contributed by atoms with Crippen LogP contribution in [0.3, 0.4) is 0 Å². The number of hydrogen-bond donors (Lipinski definition) is 7. The average molecular weight is 474 g/mol.